The number of allylic oxidation sites excluding steroid dienone is 1. The van der Waals surface area contributed by atoms with E-state index >= 15 is 0 Å². The van der Waals surface area contributed by atoms with Crippen LogP contribution in [0.5, 0.6) is 23.0 Å². The number of hydrogen-bond donors (Lipinski definition) is 8. The second kappa shape index (κ2) is 42.2. The van der Waals surface area contributed by atoms with Crippen molar-refractivity contribution in [1.82, 2.24) is 62.1 Å². The first-order valence-electron chi connectivity index (χ1n) is 41.8. The lowest BCUT2D eigenvalue weighted by Crippen LogP contribution is -2.31. The van der Waals surface area contributed by atoms with Crippen molar-refractivity contribution in [3.8, 4) is 68.0 Å². The van der Waals surface area contributed by atoms with E-state index in [1.807, 2.05) is 6.26 Å². The molecule has 2 aliphatic heterocycles. The summed E-state index contributed by atoms with van der Waals surface area (Å²) in [7, 11) is 6.12. The van der Waals surface area contributed by atoms with Gasteiger partial charge in [-0.05, 0) is 207 Å². The van der Waals surface area contributed by atoms with Crippen molar-refractivity contribution in [2.24, 2.45) is 5.92 Å². The SMILES string of the molecule is COc1cc(C(=O)NCCSC)cc2c(-c3cccc(F)c3)n[nH]c12.COc1cc(C(=O)NC[C@@H]2CCCO2)cc2c(-c3cccc(F)c3)n[nH]c12.COc1cc(C(=O)NC[C@H]2CCCO2)cc2c(-c3cccc(F)c3)n[nH]c12.COc1cc(C(=O)NCc2ccco2)cc2c(-c3cccc(F)c3)n[nH]c12.Cc1cc(CCC(C)C)cc2c1CC=C2c1ccccc1. The van der Waals surface area contributed by atoms with Gasteiger partial charge in [0.05, 0.1) is 53.5 Å². The Labute approximate surface area is 735 Å². The van der Waals surface area contributed by atoms with E-state index < -0.39 is 0 Å². The Morgan fingerprint density at radius 1 is 0.472 bits per heavy atom. The summed E-state index contributed by atoms with van der Waals surface area (Å²) in [6.45, 7) is 10.2. The van der Waals surface area contributed by atoms with Crippen molar-refractivity contribution >= 4 is 84.6 Å². The average Bonchev–Trinajstić information content (AvgIpc) is 1.66. The van der Waals surface area contributed by atoms with Crippen LogP contribution in [0.1, 0.15) is 121 Å². The lowest BCUT2D eigenvalue weighted by molar-refractivity contribution is 0.0854. The van der Waals surface area contributed by atoms with Crippen LogP contribution in [-0.2, 0) is 28.9 Å². The van der Waals surface area contributed by atoms with Crippen molar-refractivity contribution in [3.05, 3.63) is 292 Å². The second-order valence-electron chi connectivity index (χ2n) is 31.0. The molecule has 15 aromatic rings. The van der Waals surface area contributed by atoms with Crippen LogP contribution < -0.4 is 40.2 Å². The van der Waals surface area contributed by atoms with Crippen LogP contribution in [0.25, 0.3) is 94.2 Å². The molecule has 0 unspecified atom stereocenters. The number of fused-ring (bicyclic) bond motifs is 5. The molecule has 1 aliphatic carbocycles. The number of aryl methyl sites for hydroxylation is 2. The Kier molecular flexibility index (Phi) is 29.7. The standard InChI is InChI=1S/C21H24.2C20H20FN3O3.C20H16FN3O3.C18H18FN3O2S/c1-15(2)9-10-17-13-16(3)19-11-12-20(21(19)14-17)18-7-5-4-6-8-18;3*1-26-17-10-13(20(25)22-11-15-6-3-7-27-15)9-16-18(23-24-19(16)17)12-4-2-5-14(21)8-12;1-24-15-10-12(18(23)20-6-7-25-2)9-14-16(21-22-17(14)15)11-4-3-5-13(19)8-11/h4-8,12-15H,9-11H2,1-3H3;2*2,4-5,8-10,15H,3,6-7,11H2,1H3,(H,22,25)(H,23,24);2-10H,11H2,1H3,(H,22,25)(H,23,24);3-5,8-10H,6-7H2,1-2H3,(H,20,23)(H,21,22)/t;2*15-;;/m.10../s1. The quantitative estimate of drug-likeness (QED) is 0.0195. The number of hydrogen-bond acceptors (Lipinski definition) is 16. The molecule has 127 heavy (non-hydrogen) atoms. The van der Waals surface area contributed by atoms with E-state index in [-0.39, 0.29) is 65.7 Å². The molecule has 18 rings (SSSR count). The molecule has 0 spiro atoms. The molecule has 7 heterocycles. The number of amides is 4. The van der Waals surface area contributed by atoms with E-state index in [9.17, 15) is 36.7 Å². The summed E-state index contributed by atoms with van der Waals surface area (Å²) in [6, 6.07) is 57.4. The van der Waals surface area contributed by atoms with E-state index in [1.165, 1.54) is 123 Å². The van der Waals surface area contributed by atoms with Gasteiger partial charge in [0.2, 0.25) is 0 Å². The maximum Gasteiger partial charge on any atom is 0.251 e. The van der Waals surface area contributed by atoms with E-state index in [0.717, 1.165) is 57.0 Å². The van der Waals surface area contributed by atoms with Crippen LogP contribution >= 0.6 is 11.8 Å². The minimum absolute atomic E-state index is 0.0661. The fourth-order valence-electron chi connectivity index (χ4n) is 15.4. The molecule has 3 aliphatic rings. The predicted octanol–water partition coefficient (Wildman–Crippen LogP) is 19.5. The van der Waals surface area contributed by atoms with Crippen LogP contribution in [-0.4, -0.2) is 150 Å². The van der Waals surface area contributed by atoms with Crippen LogP contribution in [0.4, 0.5) is 17.6 Å². The lowest BCUT2D eigenvalue weighted by Gasteiger charge is -2.13. The molecule has 4 amide bonds. The number of methoxy groups -OCH3 is 4. The minimum Gasteiger partial charge on any atom is -0.494 e. The van der Waals surface area contributed by atoms with Crippen molar-refractivity contribution in [3.63, 3.8) is 0 Å². The van der Waals surface area contributed by atoms with Gasteiger partial charge in [0.15, 0.2) is 0 Å². The highest BCUT2D eigenvalue weighted by Gasteiger charge is 2.26. The topological polar surface area (TPSA) is 300 Å². The van der Waals surface area contributed by atoms with Gasteiger partial charge in [-0.2, -0.15) is 32.2 Å². The molecule has 2 fully saturated rings. The number of ether oxygens (including phenoxy) is 6. The highest BCUT2D eigenvalue weighted by Crippen LogP contribution is 2.40. The van der Waals surface area contributed by atoms with Gasteiger partial charge in [-0.15, -0.1) is 0 Å². The Morgan fingerprint density at radius 2 is 0.866 bits per heavy atom. The first-order chi connectivity index (χ1) is 61.7. The number of thioether (sulfide) groups is 1. The fraction of sp³-hybridized carbons (Fsp3) is 0.253. The third-order valence-corrected chi connectivity index (χ3v) is 22.5. The van der Waals surface area contributed by atoms with Crippen LogP contribution in [0.15, 0.2) is 217 Å². The molecule has 654 valence electrons. The first kappa shape index (κ1) is 89.4. The number of carbonyl (C=O) groups excluding carboxylic acids is 4. The summed E-state index contributed by atoms with van der Waals surface area (Å²) in [6.07, 6.45) is 13.5. The zero-order valence-electron chi connectivity index (χ0n) is 71.5. The van der Waals surface area contributed by atoms with Crippen molar-refractivity contribution in [2.45, 2.75) is 84.5 Å². The second-order valence-corrected chi connectivity index (χ2v) is 32.0. The van der Waals surface area contributed by atoms with E-state index in [2.05, 4.69) is 131 Å². The van der Waals surface area contributed by atoms with Crippen LogP contribution in [0.2, 0.25) is 0 Å². The summed E-state index contributed by atoms with van der Waals surface area (Å²) in [5.74, 6) is 1.99. The minimum atomic E-state index is -0.358. The third-order valence-electron chi connectivity index (χ3n) is 21.9. The maximum absolute atomic E-state index is 13.6. The number of H-pyrrole nitrogens is 4. The summed E-state index contributed by atoms with van der Waals surface area (Å²) in [4.78, 5) is 50.2. The van der Waals surface area contributed by atoms with Gasteiger partial charge in [-0.3, -0.25) is 39.6 Å². The number of benzene rings is 10. The molecule has 10 aromatic carbocycles. The zero-order chi connectivity index (χ0) is 89.0. The monoisotopic (exact) mass is 1740 g/mol. The number of carbonyl (C=O) groups is 4. The fourth-order valence-corrected chi connectivity index (χ4v) is 15.7. The number of furan rings is 1. The van der Waals surface area contributed by atoms with Crippen LogP contribution in [0.3, 0.4) is 0 Å². The van der Waals surface area contributed by atoms with Gasteiger partial charge < -0.3 is 54.1 Å². The number of nitrogens with one attached hydrogen (secondary N) is 8. The molecular formula is C99H98F4N12O11S. The van der Waals surface area contributed by atoms with Gasteiger partial charge in [-0.25, -0.2) is 17.6 Å². The third kappa shape index (κ3) is 21.9. The average molecular weight is 1740 g/mol. The number of halogens is 4. The van der Waals surface area contributed by atoms with Crippen LogP contribution in [0, 0.1) is 36.1 Å². The molecule has 23 nitrogen and oxygen atoms in total. The molecule has 28 heteroatoms. The highest BCUT2D eigenvalue weighted by molar-refractivity contribution is 7.98. The number of aromatic nitrogens is 8. The molecule has 2 saturated heterocycles. The maximum atomic E-state index is 13.6. The van der Waals surface area contributed by atoms with E-state index in [4.69, 9.17) is 32.8 Å². The molecule has 0 bridgehead atoms. The van der Waals surface area contributed by atoms with E-state index in [0.29, 0.717) is 159 Å². The number of rotatable bonds is 25. The normalized spacial score (nSPS) is 13.7. The van der Waals surface area contributed by atoms with Crippen molar-refractivity contribution < 1.29 is 69.6 Å². The van der Waals surface area contributed by atoms with Gasteiger partial charge in [0.1, 0.15) is 96.9 Å². The number of nitrogens with zero attached hydrogens (tertiary/aromatic N) is 4. The molecule has 8 N–H and O–H groups in total. The molecule has 2 atom stereocenters. The van der Waals surface area contributed by atoms with E-state index in [1.54, 1.807) is 127 Å². The van der Waals surface area contributed by atoms with Gasteiger partial charge >= 0.3 is 0 Å². The summed E-state index contributed by atoms with van der Waals surface area (Å²) >= 11 is 1.66. The molecule has 0 saturated carbocycles. The zero-order valence-corrected chi connectivity index (χ0v) is 72.4. The summed E-state index contributed by atoms with van der Waals surface area (Å²) < 4.78 is 92.3. The Balaban J connectivity index is 0.000000129. The van der Waals surface area contributed by atoms with Crippen molar-refractivity contribution in [1.29, 1.82) is 0 Å². The molecular weight excluding hydrogens is 1640 g/mol. The summed E-state index contributed by atoms with van der Waals surface area (Å²) in [5.41, 5.74) is 17.8. The lowest BCUT2D eigenvalue weighted by atomic mass is 9.92. The Hall–Kier alpha value is -13.8. The number of aromatic amines is 4. The molecule has 5 aromatic heterocycles. The Morgan fingerprint density at radius 3 is 1.22 bits per heavy atom. The van der Waals surface area contributed by atoms with Gasteiger partial charge in [0, 0.05) is 105 Å². The Bertz CT molecular complexity index is 6260. The van der Waals surface area contributed by atoms with Crippen molar-refractivity contribution in [2.75, 3.05) is 73.3 Å². The van der Waals surface area contributed by atoms with Gasteiger partial charge in [-0.1, -0.05) is 111 Å². The highest BCUT2D eigenvalue weighted by atomic mass is 32.2. The summed E-state index contributed by atoms with van der Waals surface area (Å²) in [5, 5.41) is 43.1. The predicted molar refractivity (Wildman–Crippen MR) is 487 cm³/mol. The first-order valence-corrected chi connectivity index (χ1v) is 43.2. The smallest absolute Gasteiger partial charge is 0.251 e. The largest absolute Gasteiger partial charge is 0.494 e. The molecule has 0 radical (unpaired) electrons. The van der Waals surface area contributed by atoms with Gasteiger partial charge in [0.25, 0.3) is 23.6 Å².